The molecule has 1 aliphatic carbocycles. The van der Waals surface area contributed by atoms with Gasteiger partial charge in [-0.25, -0.2) is 4.79 Å². The van der Waals surface area contributed by atoms with E-state index in [1.165, 1.54) is 4.90 Å². The summed E-state index contributed by atoms with van der Waals surface area (Å²) in [5, 5.41) is 20.9. The molecular formula is C24H32N2O6. The molecule has 1 aromatic rings. The fourth-order valence-corrected chi connectivity index (χ4v) is 4.41. The van der Waals surface area contributed by atoms with Crippen molar-refractivity contribution in [2.45, 2.75) is 77.9 Å². The molecule has 2 aliphatic rings. The lowest BCUT2D eigenvalue weighted by Gasteiger charge is -2.36. The summed E-state index contributed by atoms with van der Waals surface area (Å²) >= 11 is 0. The average Bonchev–Trinajstić information content (AvgIpc) is 3.25. The molecule has 3 rings (SSSR count). The van der Waals surface area contributed by atoms with Gasteiger partial charge in [-0.3, -0.25) is 9.69 Å². The van der Waals surface area contributed by atoms with E-state index < -0.39 is 29.6 Å². The zero-order valence-corrected chi connectivity index (χ0v) is 19.6. The van der Waals surface area contributed by atoms with Gasteiger partial charge < -0.3 is 19.3 Å². The topological polar surface area (TPSA) is 109 Å². The Labute approximate surface area is 189 Å². The van der Waals surface area contributed by atoms with Gasteiger partial charge in [-0.05, 0) is 77.1 Å². The molecule has 1 amide bonds. The van der Waals surface area contributed by atoms with Crippen LogP contribution >= 0.6 is 0 Å². The van der Waals surface area contributed by atoms with E-state index in [9.17, 15) is 20.0 Å². The molecule has 1 heterocycles. The highest BCUT2D eigenvalue weighted by molar-refractivity contribution is 5.75. The second-order valence-electron chi connectivity index (χ2n) is 9.80. The number of fused-ring (bicyclic) bond motifs is 1. The van der Waals surface area contributed by atoms with Crippen LogP contribution in [0.4, 0.5) is 4.79 Å². The second-order valence-corrected chi connectivity index (χ2v) is 9.80. The maximum Gasteiger partial charge on any atom is 0.413 e. The summed E-state index contributed by atoms with van der Waals surface area (Å²) < 4.78 is 16.5. The summed E-state index contributed by atoms with van der Waals surface area (Å²) in [5.74, 6) is -0.617. The molecule has 174 valence electrons. The van der Waals surface area contributed by atoms with Crippen LogP contribution < -0.4 is 0 Å². The molecule has 1 aliphatic heterocycles. The lowest BCUT2D eigenvalue weighted by atomic mass is 9.94. The number of hydrogen-bond acceptors (Lipinski definition) is 7. The fourth-order valence-electron chi connectivity index (χ4n) is 4.41. The fraction of sp³-hybridized carbons (Fsp3) is 0.625. The van der Waals surface area contributed by atoms with Gasteiger partial charge in [0.1, 0.15) is 17.4 Å². The van der Waals surface area contributed by atoms with E-state index in [4.69, 9.17) is 14.2 Å². The van der Waals surface area contributed by atoms with E-state index >= 15 is 0 Å². The van der Waals surface area contributed by atoms with Gasteiger partial charge in [0, 0.05) is 0 Å². The Morgan fingerprint density at radius 1 is 1.34 bits per heavy atom. The Hall–Kier alpha value is -2.63. The quantitative estimate of drug-likeness (QED) is 0.710. The molecule has 0 radical (unpaired) electrons. The minimum atomic E-state index is -1.09. The summed E-state index contributed by atoms with van der Waals surface area (Å²) in [7, 11) is 0. The van der Waals surface area contributed by atoms with Gasteiger partial charge in [-0.2, -0.15) is 5.26 Å². The number of ether oxygens (including phenoxy) is 3. The molecule has 3 atom stereocenters. The maximum absolute atomic E-state index is 12.9. The lowest BCUT2D eigenvalue weighted by Crippen LogP contribution is -2.51. The van der Waals surface area contributed by atoms with Crippen molar-refractivity contribution < 1.29 is 28.9 Å². The van der Waals surface area contributed by atoms with Gasteiger partial charge in [-0.15, -0.1) is 0 Å². The second kappa shape index (κ2) is 8.72. The largest absolute Gasteiger partial charge is 0.466 e. The number of benzene rings is 1. The molecule has 0 saturated carbocycles. The third-order valence-electron chi connectivity index (χ3n) is 5.84. The van der Waals surface area contributed by atoms with Crippen molar-refractivity contribution in [1.29, 1.82) is 5.26 Å². The van der Waals surface area contributed by atoms with Gasteiger partial charge in [0.25, 0.3) is 0 Å². The zero-order chi connectivity index (χ0) is 23.8. The van der Waals surface area contributed by atoms with Crippen LogP contribution in [0.5, 0.6) is 0 Å². The molecule has 1 N–H and O–H groups in total. The Bertz CT molecular complexity index is 943. The number of nitriles is 1. The summed E-state index contributed by atoms with van der Waals surface area (Å²) in [6.07, 6.45) is -0.778. The minimum Gasteiger partial charge on any atom is -0.466 e. The van der Waals surface area contributed by atoms with Crippen molar-refractivity contribution in [3.63, 3.8) is 0 Å². The number of nitrogens with zero attached hydrogens (tertiary/aromatic N) is 2. The number of aliphatic hydroxyl groups excluding tert-OH is 1. The van der Waals surface area contributed by atoms with E-state index in [0.717, 1.165) is 11.1 Å². The van der Waals surface area contributed by atoms with Crippen LogP contribution in [0.25, 0.3) is 0 Å². The molecule has 0 aromatic heterocycles. The average molecular weight is 445 g/mol. The van der Waals surface area contributed by atoms with Crippen molar-refractivity contribution in [1.82, 2.24) is 4.90 Å². The van der Waals surface area contributed by atoms with Crippen LogP contribution in [0.15, 0.2) is 12.1 Å². The summed E-state index contributed by atoms with van der Waals surface area (Å²) in [6, 6.07) is 4.95. The van der Waals surface area contributed by atoms with Crippen LogP contribution in [0, 0.1) is 17.2 Å². The van der Waals surface area contributed by atoms with Crippen LogP contribution in [0.2, 0.25) is 0 Å². The van der Waals surface area contributed by atoms with Crippen molar-refractivity contribution in [2.75, 3.05) is 13.2 Å². The third kappa shape index (κ3) is 4.74. The van der Waals surface area contributed by atoms with Crippen molar-refractivity contribution in [3.8, 4) is 6.07 Å². The van der Waals surface area contributed by atoms with E-state index in [0.29, 0.717) is 30.6 Å². The standard InChI is InChI=1S/C24H32N2O6/c1-7-30-21(28)16-9-14-8-15(10-17(12-25)18(14)11-16)20(27)19-13-31-24(5,6)26(19)22(29)32-23(2,3)4/h8,10,16,19-20,27H,7,9,11,13H2,1-6H3/t16?,19-,20?/m1/s1. The highest BCUT2D eigenvalue weighted by atomic mass is 16.6. The van der Waals surface area contributed by atoms with E-state index in [-0.39, 0.29) is 18.5 Å². The van der Waals surface area contributed by atoms with Crippen LogP contribution in [0.3, 0.4) is 0 Å². The number of esters is 1. The van der Waals surface area contributed by atoms with E-state index in [1.54, 1.807) is 47.6 Å². The Balaban J connectivity index is 1.90. The molecule has 1 saturated heterocycles. The van der Waals surface area contributed by atoms with Gasteiger partial charge in [0.15, 0.2) is 0 Å². The van der Waals surface area contributed by atoms with Crippen LogP contribution in [-0.4, -0.2) is 52.7 Å². The van der Waals surface area contributed by atoms with Gasteiger partial charge in [0.05, 0.1) is 36.8 Å². The molecule has 0 spiro atoms. The summed E-state index contributed by atoms with van der Waals surface area (Å²) in [4.78, 5) is 26.6. The molecule has 1 fully saturated rings. The molecule has 32 heavy (non-hydrogen) atoms. The van der Waals surface area contributed by atoms with Crippen molar-refractivity contribution >= 4 is 12.1 Å². The zero-order valence-electron chi connectivity index (χ0n) is 19.6. The van der Waals surface area contributed by atoms with E-state index in [2.05, 4.69) is 6.07 Å². The first-order valence-corrected chi connectivity index (χ1v) is 10.9. The summed E-state index contributed by atoms with van der Waals surface area (Å²) in [5.41, 5.74) is 0.925. The Morgan fingerprint density at radius 2 is 2.03 bits per heavy atom. The van der Waals surface area contributed by atoms with E-state index in [1.807, 2.05) is 6.07 Å². The number of carbonyl (C=O) groups is 2. The molecule has 8 heteroatoms. The smallest absolute Gasteiger partial charge is 0.413 e. The Kier molecular flexibility index (Phi) is 6.55. The maximum atomic E-state index is 12.9. The highest BCUT2D eigenvalue weighted by Gasteiger charge is 2.49. The van der Waals surface area contributed by atoms with Crippen molar-refractivity contribution in [3.05, 3.63) is 34.4 Å². The molecule has 1 aromatic carbocycles. The van der Waals surface area contributed by atoms with Gasteiger partial charge >= 0.3 is 12.1 Å². The SMILES string of the molecule is CCOC(=O)C1Cc2cc(C(O)[C@H]3COC(C)(C)N3C(=O)OC(C)(C)C)cc(C#N)c2C1. The lowest BCUT2D eigenvalue weighted by molar-refractivity contribution is -0.147. The van der Waals surface area contributed by atoms with Crippen LogP contribution in [0.1, 0.15) is 69.9 Å². The summed E-state index contributed by atoms with van der Waals surface area (Å²) in [6.45, 7) is 11.0. The highest BCUT2D eigenvalue weighted by Crippen LogP contribution is 2.38. The number of amides is 1. The number of aliphatic hydroxyl groups is 1. The minimum absolute atomic E-state index is 0.123. The number of hydrogen-bond donors (Lipinski definition) is 1. The molecule has 8 nitrogen and oxygen atoms in total. The van der Waals surface area contributed by atoms with Gasteiger partial charge in [0.2, 0.25) is 0 Å². The van der Waals surface area contributed by atoms with Crippen molar-refractivity contribution in [2.24, 2.45) is 5.92 Å². The Morgan fingerprint density at radius 3 is 2.62 bits per heavy atom. The molecular weight excluding hydrogens is 412 g/mol. The number of carbonyl (C=O) groups excluding carboxylic acids is 2. The monoisotopic (exact) mass is 444 g/mol. The van der Waals surface area contributed by atoms with Crippen LogP contribution in [-0.2, 0) is 31.8 Å². The first kappa shape index (κ1) is 24.0. The first-order chi connectivity index (χ1) is 14.9. The normalized spacial score (nSPS) is 22.8. The number of rotatable bonds is 4. The predicted molar refractivity (Wildman–Crippen MR) is 116 cm³/mol. The van der Waals surface area contributed by atoms with Gasteiger partial charge in [-0.1, -0.05) is 6.07 Å². The molecule has 2 unspecified atom stereocenters. The predicted octanol–water partition coefficient (Wildman–Crippen LogP) is 3.24. The third-order valence-corrected chi connectivity index (χ3v) is 5.84. The first-order valence-electron chi connectivity index (χ1n) is 10.9. The molecule has 0 bridgehead atoms.